The number of hydrogen-bond acceptors (Lipinski definition) is 6. The normalized spacial score (nSPS) is 11.3. The average molecular weight is 619 g/mol. The third-order valence-electron chi connectivity index (χ3n) is 8.08. The Morgan fingerprint density at radius 1 is 0.702 bits per heavy atom. The summed E-state index contributed by atoms with van der Waals surface area (Å²) in [6, 6.07) is 33.1. The van der Waals surface area contributed by atoms with E-state index in [1.54, 1.807) is 30.4 Å². The largest absolute Gasteiger partial charge is 0.497 e. The molecule has 0 spiro atoms. The molecule has 0 unspecified atom stereocenters. The topological polar surface area (TPSA) is 79.9 Å². The predicted octanol–water partition coefficient (Wildman–Crippen LogP) is 8.74. The summed E-state index contributed by atoms with van der Waals surface area (Å²) in [6.45, 7) is 1.97. The molecule has 0 aliphatic rings. The summed E-state index contributed by atoms with van der Waals surface area (Å²) >= 11 is 0. The smallest absolute Gasteiger partial charge is 0.241 e. The molecule has 0 atom stereocenters. The molecule has 4 aromatic heterocycles. The lowest BCUT2D eigenvalue weighted by molar-refractivity contribution is 0.414. The van der Waals surface area contributed by atoms with Gasteiger partial charge in [0.1, 0.15) is 29.4 Å². The van der Waals surface area contributed by atoms with Gasteiger partial charge in [0.25, 0.3) is 0 Å². The van der Waals surface area contributed by atoms with Crippen LogP contribution >= 0.6 is 0 Å². The van der Waals surface area contributed by atoms with Crippen molar-refractivity contribution >= 4 is 21.8 Å². The van der Waals surface area contributed by atoms with Gasteiger partial charge in [-0.1, -0.05) is 48.5 Å². The number of aromatic nitrogens is 6. The van der Waals surface area contributed by atoms with Crippen LogP contribution < -0.4 is 9.47 Å². The number of pyridine rings is 1. The number of fused-ring (bicyclic) bond motifs is 3. The molecular weight excluding hydrogens is 591 g/mol. The Morgan fingerprint density at radius 3 is 2.32 bits per heavy atom. The van der Waals surface area contributed by atoms with Gasteiger partial charge in [-0.15, -0.1) is 5.10 Å². The van der Waals surface area contributed by atoms with E-state index >= 15 is 4.39 Å². The van der Waals surface area contributed by atoms with Gasteiger partial charge in [-0.2, -0.15) is 4.39 Å². The molecule has 0 bridgehead atoms. The number of para-hydroxylation sites is 1. The molecule has 9 heteroatoms. The van der Waals surface area contributed by atoms with E-state index in [4.69, 9.17) is 9.47 Å². The second-order valence-electron chi connectivity index (χ2n) is 11.1. The van der Waals surface area contributed by atoms with E-state index in [9.17, 15) is 0 Å². The predicted molar refractivity (Wildman–Crippen MR) is 180 cm³/mol. The van der Waals surface area contributed by atoms with Gasteiger partial charge in [0.2, 0.25) is 5.95 Å². The van der Waals surface area contributed by atoms with Gasteiger partial charge >= 0.3 is 0 Å². The number of nitrogens with zero attached hydrogens (tertiary/aromatic N) is 6. The fourth-order valence-electron chi connectivity index (χ4n) is 6.08. The summed E-state index contributed by atoms with van der Waals surface area (Å²) in [6.07, 6.45) is 6.50. The van der Waals surface area contributed by atoms with Crippen LogP contribution in [0.2, 0.25) is 0 Å². The van der Waals surface area contributed by atoms with Crippen LogP contribution in [0.3, 0.4) is 0 Å². The highest BCUT2D eigenvalue weighted by atomic mass is 19.1. The molecule has 0 amide bonds. The summed E-state index contributed by atoms with van der Waals surface area (Å²) in [5.41, 5.74) is 5.76. The van der Waals surface area contributed by atoms with Crippen molar-refractivity contribution in [3.8, 4) is 51.1 Å². The zero-order chi connectivity index (χ0) is 31.9. The molecule has 0 saturated heterocycles. The van der Waals surface area contributed by atoms with E-state index in [1.165, 1.54) is 6.33 Å². The molecule has 8 aromatic rings. The van der Waals surface area contributed by atoms with E-state index in [2.05, 4.69) is 42.8 Å². The van der Waals surface area contributed by atoms with Crippen LogP contribution in [0.5, 0.6) is 17.2 Å². The maximum Gasteiger partial charge on any atom is 0.241 e. The van der Waals surface area contributed by atoms with Gasteiger partial charge < -0.3 is 9.47 Å². The first-order valence-electron chi connectivity index (χ1n) is 15.0. The molecule has 0 saturated carbocycles. The van der Waals surface area contributed by atoms with Crippen LogP contribution in [-0.4, -0.2) is 36.4 Å². The zero-order valence-electron chi connectivity index (χ0n) is 25.5. The first-order chi connectivity index (χ1) is 23.1. The van der Waals surface area contributed by atoms with Crippen molar-refractivity contribution in [2.24, 2.45) is 0 Å². The molecule has 0 aliphatic carbocycles. The van der Waals surface area contributed by atoms with E-state index in [-0.39, 0.29) is 0 Å². The standard InChI is InChI=1S/C38H27FN6O2/c1-24-16-27(45-37(26-21-40-23-41-22-26)36(38(39)43-45)25-8-4-3-5-9-25)18-30(17-24)47-29-12-13-32-31-10-6-7-11-33(31)44(34(32)19-29)35-20-28(46-2)14-15-42-35/h3-23H,1-2H3. The lowest BCUT2D eigenvalue weighted by Gasteiger charge is -2.13. The van der Waals surface area contributed by atoms with Crippen LogP contribution in [0.1, 0.15) is 5.56 Å². The van der Waals surface area contributed by atoms with Crippen molar-refractivity contribution in [2.45, 2.75) is 6.92 Å². The summed E-state index contributed by atoms with van der Waals surface area (Å²) in [5.74, 6) is 2.07. The Morgan fingerprint density at radius 2 is 1.49 bits per heavy atom. The number of hydrogen-bond donors (Lipinski definition) is 0. The number of ether oxygens (including phenoxy) is 2. The molecule has 0 N–H and O–H groups in total. The quantitative estimate of drug-likeness (QED) is 0.178. The maximum atomic E-state index is 15.7. The lowest BCUT2D eigenvalue weighted by atomic mass is 10.0. The van der Waals surface area contributed by atoms with Crippen molar-refractivity contribution < 1.29 is 13.9 Å². The first-order valence-corrected chi connectivity index (χ1v) is 15.0. The Balaban J connectivity index is 1.25. The third kappa shape index (κ3) is 5.04. The number of benzene rings is 4. The second-order valence-corrected chi connectivity index (χ2v) is 11.1. The highest BCUT2D eigenvalue weighted by Gasteiger charge is 2.23. The molecule has 4 heterocycles. The van der Waals surface area contributed by atoms with Crippen LogP contribution in [0, 0.1) is 12.9 Å². The Labute approximate surface area is 269 Å². The molecule has 4 aromatic carbocycles. The van der Waals surface area contributed by atoms with Gasteiger partial charge in [0, 0.05) is 53.1 Å². The molecule has 47 heavy (non-hydrogen) atoms. The van der Waals surface area contributed by atoms with Gasteiger partial charge in [-0.05, 0) is 54.4 Å². The van der Waals surface area contributed by atoms with Gasteiger partial charge in [-0.25, -0.2) is 19.6 Å². The lowest BCUT2D eigenvalue weighted by Crippen LogP contribution is -2.01. The van der Waals surface area contributed by atoms with Crippen molar-refractivity contribution in [1.82, 2.24) is 29.3 Å². The van der Waals surface area contributed by atoms with Crippen LogP contribution in [0.15, 0.2) is 128 Å². The van der Waals surface area contributed by atoms with E-state index in [0.717, 1.165) is 33.2 Å². The number of aryl methyl sites for hydroxylation is 1. The summed E-state index contributed by atoms with van der Waals surface area (Å²) in [7, 11) is 1.64. The number of halogens is 1. The Kier molecular flexibility index (Phi) is 6.91. The first kappa shape index (κ1) is 28.1. The fraction of sp³-hybridized carbons (Fsp3) is 0.0526. The van der Waals surface area contributed by atoms with Crippen molar-refractivity contribution in [3.05, 3.63) is 140 Å². The summed E-state index contributed by atoms with van der Waals surface area (Å²) < 4.78 is 31.4. The highest BCUT2D eigenvalue weighted by Crippen LogP contribution is 2.38. The number of methoxy groups -OCH3 is 1. The van der Waals surface area contributed by atoms with Gasteiger partial charge in [0.15, 0.2) is 0 Å². The molecule has 8 rings (SSSR count). The minimum atomic E-state index is -0.594. The third-order valence-corrected chi connectivity index (χ3v) is 8.08. The molecule has 0 aliphatic heterocycles. The molecular formula is C38H27FN6O2. The van der Waals surface area contributed by atoms with Crippen LogP contribution in [0.25, 0.3) is 55.7 Å². The van der Waals surface area contributed by atoms with Crippen LogP contribution in [0.4, 0.5) is 4.39 Å². The van der Waals surface area contributed by atoms with E-state index < -0.39 is 5.95 Å². The second kappa shape index (κ2) is 11.5. The monoisotopic (exact) mass is 618 g/mol. The Bertz CT molecular complexity index is 2400. The van der Waals surface area contributed by atoms with Crippen molar-refractivity contribution in [2.75, 3.05) is 7.11 Å². The van der Waals surface area contributed by atoms with Crippen molar-refractivity contribution in [3.63, 3.8) is 0 Å². The fourth-order valence-corrected chi connectivity index (χ4v) is 6.08. The minimum Gasteiger partial charge on any atom is -0.497 e. The van der Waals surface area contributed by atoms with E-state index in [0.29, 0.717) is 45.3 Å². The molecule has 8 nitrogen and oxygen atoms in total. The van der Waals surface area contributed by atoms with Crippen molar-refractivity contribution in [1.29, 1.82) is 0 Å². The summed E-state index contributed by atoms with van der Waals surface area (Å²) in [4.78, 5) is 13.1. The molecule has 228 valence electrons. The van der Waals surface area contributed by atoms with Gasteiger partial charge in [0.05, 0.1) is 35.1 Å². The zero-order valence-corrected chi connectivity index (χ0v) is 25.5. The SMILES string of the molecule is COc1ccnc(-n2c3ccccc3c3ccc(Oc4cc(C)cc(-n5nc(F)c(-c6ccccc6)c5-c5cncnc5)c4)cc32)c1. The average Bonchev–Trinajstić information content (AvgIpc) is 3.63. The highest BCUT2D eigenvalue weighted by molar-refractivity contribution is 6.09. The van der Waals surface area contributed by atoms with Gasteiger partial charge in [-0.3, -0.25) is 4.57 Å². The van der Waals surface area contributed by atoms with Crippen LogP contribution in [-0.2, 0) is 0 Å². The molecule has 0 fully saturated rings. The maximum absolute atomic E-state index is 15.7. The number of rotatable bonds is 7. The minimum absolute atomic E-state index is 0.369. The molecule has 0 radical (unpaired) electrons. The Hall–Kier alpha value is -6.35. The van der Waals surface area contributed by atoms with E-state index in [1.807, 2.05) is 91.9 Å². The summed E-state index contributed by atoms with van der Waals surface area (Å²) in [5, 5.41) is 6.53.